The quantitative estimate of drug-likeness (QED) is 0.875. The largest absolute Gasteiger partial charge is 0.481 e. The molecule has 5 nitrogen and oxygen atoms in total. The van der Waals surface area contributed by atoms with Gasteiger partial charge in [-0.25, -0.2) is 4.39 Å². The second kappa shape index (κ2) is 7.17. The van der Waals surface area contributed by atoms with Crippen molar-refractivity contribution in [3.8, 4) is 0 Å². The van der Waals surface area contributed by atoms with E-state index in [2.05, 4.69) is 4.90 Å². The Kier molecular flexibility index (Phi) is 5.18. The number of carbonyl (C=O) groups is 1. The molecule has 2 aliphatic rings. The molecule has 0 amide bonds. The molecule has 3 rings (SSSR count). The molecule has 2 saturated heterocycles. The number of carboxylic acid groups (broad SMARTS) is 1. The lowest BCUT2D eigenvalue weighted by Gasteiger charge is -2.47. The standard InChI is InChI=1S/C18H24FNO4/c19-14-3-1-13(2-4-14)11-18(17(22)23)12-20(8-5-16(18)21)15-6-9-24-10-7-15/h1-4,15-16,21H,5-12H2,(H,22,23)/t16-,18-/m1/s1. The first-order valence-corrected chi connectivity index (χ1v) is 8.49. The third-order valence-corrected chi connectivity index (χ3v) is 5.38. The van der Waals surface area contributed by atoms with Gasteiger partial charge < -0.3 is 14.9 Å². The van der Waals surface area contributed by atoms with Crippen LogP contribution in [0.3, 0.4) is 0 Å². The molecule has 1 aromatic carbocycles. The van der Waals surface area contributed by atoms with Gasteiger partial charge in [0, 0.05) is 32.3 Å². The van der Waals surface area contributed by atoms with E-state index in [9.17, 15) is 19.4 Å². The van der Waals surface area contributed by atoms with Gasteiger partial charge in [-0.05, 0) is 43.4 Å². The van der Waals surface area contributed by atoms with Crippen LogP contribution in [0.2, 0.25) is 0 Å². The second-order valence-corrected chi connectivity index (χ2v) is 6.88. The van der Waals surface area contributed by atoms with Crippen LogP contribution in [0.15, 0.2) is 24.3 Å². The van der Waals surface area contributed by atoms with Gasteiger partial charge in [0.2, 0.25) is 0 Å². The highest BCUT2D eigenvalue weighted by Gasteiger charge is 2.50. The molecular formula is C18H24FNO4. The maximum atomic E-state index is 13.1. The summed E-state index contributed by atoms with van der Waals surface area (Å²) in [5, 5.41) is 20.4. The molecule has 0 radical (unpaired) electrons. The minimum atomic E-state index is -1.26. The molecule has 2 atom stereocenters. The molecule has 2 aliphatic heterocycles. The van der Waals surface area contributed by atoms with Crippen molar-refractivity contribution < 1.29 is 24.1 Å². The molecular weight excluding hydrogens is 313 g/mol. The average molecular weight is 337 g/mol. The van der Waals surface area contributed by atoms with Crippen LogP contribution in [0.4, 0.5) is 4.39 Å². The number of benzene rings is 1. The van der Waals surface area contributed by atoms with Gasteiger partial charge in [-0.1, -0.05) is 12.1 Å². The van der Waals surface area contributed by atoms with Crippen LogP contribution < -0.4 is 0 Å². The molecule has 132 valence electrons. The van der Waals surface area contributed by atoms with Crippen molar-refractivity contribution >= 4 is 5.97 Å². The normalized spacial score (nSPS) is 29.5. The number of ether oxygens (including phenoxy) is 1. The first-order chi connectivity index (χ1) is 11.5. The maximum absolute atomic E-state index is 13.1. The minimum Gasteiger partial charge on any atom is -0.481 e. The summed E-state index contributed by atoms with van der Waals surface area (Å²) in [6.45, 7) is 2.40. The van der Waals surface area contributed by atoms with Crippen molar-refractivity contribution in [2.75, 3.05) is 26.3 Å². The lowest BCUT2D eigenvalue weighted by atomic mass is 9.72. The first-order valence-electron chi connectivity index (χ1n) is 8.49. The highest BCUT2D eigenvalue weighted by molar-refractivity contribution is 5.76. The molecule has 0 aromatic heterocycles. The Balaban J connectivity index is 1.82. The van der Waals surface area contributed by atoms with Crippen molar-refractivity contribution in [1.82, 2.24) is 4.90 Å². The van der Waals surface area contributed by atoms with Crippen LogP contribution in [0, 0.1) is 11.2 Å². The van der Waals surface area contributed by atoms with E-state index in [-0.39, 0.29) is 12.2 Å². The van der Waals surface area contributed by atoms with E-state index >= 15 is 0 Å². The molecule has 0 bridgehead atoms. The van der Waals surface area contributed by atoms with Crippen molar-refractivity contribution in [1.29, 1.82) is 0 Å². The molecule has 2 N–H and O–H groups in total. The number of rotatable bonds is 4. The maximum Gasteiger partial charge on any atom is 0.313 e. The van der Waals surface area contributed by atoms with Gasteiger partial charge in [-0.3, -0.25) is 9.69 Å². The van der Waals surface area contributed by atoms with Crippen LogP contribution in [-0.4, -0.2) is 59.5 Å². The summed E-state index contributed by atoms with van der Waals surface area (Å²) < 4.78 is 18.5. The van der Waals surface area contributed by atoms with Crippen molar-refractivity contribution in [3.63, 3.8) is 0 Å². The molecule has 0 aliphatic carbocycles. The van der Waals surface area contributed by atoms with E-state index < -0.39 is 17.5 Å². The predicted octanol–water partition coefficient (Wildman–Crippen LogP) is 1.68. The smallest absolute Gasteiger partial charge is 0.313 e. The van der Waals surface area contributed by atoms with E-state index in [1.165, 1.54) is 12.1 Å². The van der Waals surface area contributed by atoms with Gasteiger partial charge >= 0.3 is 5.97 Å². The monoisotopic (exact) mass is 337 g/mol. The van der Waals surface area contributed by atoms with Gasteiger partial charge in [-0.15, -0.1) is 0 Å². The zero-order valence-corrected chi connectivity index (χ0v) is 13.7. The van der Waals surface area contributed by atoms with Gasteiger partial charge in [0.15, 0.2) is 0 Å². The topological polar surface area (TPSA) is 70.0 Å². The third kappa shape index (κ3) is 3.45. The van der Waals surface area contributed by atoms with E-state index in [0.29, 0.717) is 38.8 Å². The molecule has 0 spiro atoms. The van der Waals surface area contributed by atoms with E-state index in [0.717, 1.165) is 18.4 Å². The predicted molar refractivity (Wildman–Crippen MR) is 86.2 cm³/mol. The number of aliphatic hydroxyl groups excluding tert-OH is 1. The van der Waals surface area contributed by atoms with Crippen molar-refractivity contribution in [2.24, 2.45) is 5.41 Å². The zero-order valence-electron chi connectivity index (χ0n) is 13.7. The highest BCUT2D eigenvalue weighted by atomic mass is 19.1. The Bertz CT molecular complexity index is 573. The fourth-order valence-corrected chi connectivity index (χ4v) is 3.90. The van der Waals surface area contributed by atoms with Gasteiger partial charge in [0.05, 0.1) is 6.10 Å². The lowest BCUT2D eigenvalue weighted by Crippen LogP contribution is -2.59. The summed E-state index contributed by atoms with van der Waals surface area (Å²) in [6.07, 6.45) is 1.51. The molecule has 6 heteroatoms. The number of nitrogens with zero attached hydrogens (tertiary/aromatic N) is 1. The molecule has 24 heavy (non-hydrogen) atoms. The highest BCUT2D eigenvalue weighted by Crippen LogP contribution is 2.36. The lowest BCUT2D eigenvalue weighted by molar-refractivity contribution is -0.165. The Morgan fingerprint density at radius 3 is 2.54 bits per heavy atom. The Hall–Kier alpha value is -1.50. The van der Waals surface area contributed by atoms with Crippen molar-refractivity contribution in [2.45, 2.75) is 37.8 Å². The number of aliphatic carboxylic acids is 1. The number of likely N-dealkylation sites (tertiary alicyclic amines) is 1. The number of aliphatic hydroxyl groups is 1. The number of hydrogen-bond donors (Lipinski definition) is 2. The molecule has 0 saturated carbocycles. The molecule has 1 aromatic rings. The average Bonchev–Trinajstić information content (AvgIpc) is 2.59. The SMILES string of the molecule is O=C(O)[C@]1(Cc2ccc(F)cc2)CN(C2CCOCC2)CC[C@H]1O. The summed E-state index contributed by atoms with van der Waals surface area (Å²) in [4.78, 5) is 14.3. The van der Waals surface area contributed by atoms with Crippen LogP contribution >= 0.6 is 0 Å². The van der Waals surface area contributed by atoms with E-state index in [1.807, 2.05) is 0 Å². The Morgan fingerprint density at radius 1 is 1.25 bits per heavy atom. The summed E-state index contributed by atoms with van der Waals surface area (Å²) in [5.74, 6) is -1.34. The fourth-order valence-electron chi connectivity index (χ4n) is 3.90. The van der Waals surface area contributed by atoms with Crippen LogP contribution in [0.25, 0.3) is 0 Å². The molecule has 0 unspecified atom stereocenters. The van der Waals surface area contributed by atoms with Crippen molar-refractivity contribution in [3.05, 3.63) is 35.6 Å². The summed E-state index contributed by atoms with van der Waals surface area (Å²) >= 11 is 0. The van der Waals surface area contributed by atoms with E-state index in [4.69, 9.17) is 4.74 Å². The minimum absolute atomic E-state index is 0.198. The van der Waals surface area contributed by atoms with E-state index in [1.54, 1.807) is 12.1 Å². The Labute approximate surface area is 141 Å². The third-order valence-electron chi connectivity index (χ3n) is 5.38. The molecule has 2 fully saturated rings. The number of carboxylic acids is 1. The number of halogens is 1. The first kappa shape index (κ1) is 17.3. The van der Waals surface area contributed by atoms with Gasteiger partial charge in [0.25, 0.3) is 0 Å². The fraction of sp³-hybridized carbons (Fsp3) is 0.611. The second-order valence-electron chi connectivity index (χ2n) is 6.88. The summed E-state index contributed by atoms with van der Waals surface area (Å²) in [5.41, 5.74) is -0.527. The summed E-state index contributed by atoms with van der Waals surface area (Å²) in [6, 6.07) is 6.16. The zero-order chi connectivity index (χ0) is 17.2. The van der Waals surface area contributed by atoms with Crippen LogP contribution in [-0.2, 0) is 16.0 Å². The summed E-state index contributed by atoms with van der Waals surface area (Å²) in [7, 11) is 0. The number of hydrogen-bond acceptors (Lipinski definition) is 4. The Morgan fingerprint density at radius 2 is 1.92 bits per heavy atom. The van der Waals surface area contributed by atoms with Gasteiger partial charge in [-0.2, -0.15) is 0 Å². The molecule has 2 heterocycles. The van der Waals surface area contributed by atoms with Crippen LogP contribution in [0.1, 0.15) is 24.8 Å². The number of piperidine rings is 1. The van der Waals surface area contributed by atoms with Gasteiger partial charge in [0.1, 0.15) is 11.2 Å². The van der Waals surface area contributed by atoms with Crippen LogP contribution in [0.5, 0.6) is 0 Å².